The molecule has 21 heavy (non-hydrogen) atoms. The maximum Gasteiger partial charge on any atom is 0.334 e. The average Bonchev–Trinajstić information content (AvgIpc) is 2.46. The Morgan fingerprint density at radius 2 is 1.95 bits per heavy atom. The smallest absolute Gasteiger partial charge is 0.334 e. The molecular weight excluding hydrogens is 274 g/mol. The lowest BCUT2D eigenvalue weighted by atomic mass is 9.82. The fourth-order valence-corrected chi connectivity index (χ4v) is 2.44. The largest absolute Gasteiger partial charge is 0.478 e. The number of aromatic nitrogens is 1. The van der Waals surface area contributed by atoms with E-state index in [2.05, 4.69) is 10.3 Å². The number of rotatable bonds is 4. The van der Waals surface area contributed by atoms with Crippen LogP contribution in [0.15, 0.2) is 46.9 Å². The zero-order valence-corrected chi connectivity index (χ0v) is 11.3. The zero-order valence-electron chi connectivity index (χ0n) is 11.3. The summed E-state index contributed by atoms with van der Waals surface area (Å²) in [6.45, 7) is 1.54. The first-order valence-electron chi connectivity index (χ1n) is 6.25. The van der Waals surface area contributed by atoms with Gasteiger partial charge in [0.05, 0.1) is 22.8 Å². The molecule has 110 valence electrons. The van der Waals surface area contributed by atoms with Crippen LogP contribution in [0.4, 0.5) is 0 Å². The Hall–Kier alpha value is -2.67. The molecule has 0 amide bonds. The normalized spacial score (nSPS) is 18.5. The van der Waals surface area contributed by atoms with Crippen molar-refractivity contribution in [2.24, 2.45) is 5.73 Å². The summed E-state index contributed by atoms with van der Waals surface area (Å²) in [5, 5.41) is 21.7. The number of dihydropyridines is 1. The van der Waals surface area contributed by atoms with Gasteiger partial charge in [-0.25, -0.2) is 9.59 Å². The Bertz CT molecular complexity index is 649. The second-order valence-corrected chi connectivity index (χ2v) is 4.56. The number of nitrogens with two attached hydrogens (primary N) is 1. The SMILES string of the molecule is CC1=C(C(=O)O)C(c2ccccn2)C(C(=O)O)=C(CN)N1. The first-order valence-corrected chi connectivity index (χ1v) is 6.25. The third-order valence-corrected chi connectivity index (χ3v) is 3.29. The number of allylic oxidation sites excluding steroid dienone is 1. The van der Waals surface area contributed by atoms with Crippen molar-refractivity contribution in [2.75, 3.05) is 6.54 Å². The molecule has 0 aromatic carbocycles. The van der Waals surface area contributed by atoms with E-state index in [0.29, 0.717) is 17.1 Å². The van der Waals surface area contributed by atoms with E-state index in [9.17, 15) is 19.8 Å². The molecule has 2 rings (SSSR count). The third-order valence-electron chi connectivity index (χ3n) is 3.29. The molecule has 0 radical (unpaired) electrons. The van der Waals surface area contributed by atoms with Gasteiger partial charge in [-0.05, 0) is 19.1 Å². The third kappa shape index (κ3) is 2.63. The van der Waals surface area contributed by atoms with Gasteiger partial charge >= 0.3 is 11.9 Å². The second kappa shape index (κ2) is 5.76. The van der Waals surface area contributed by atoms with Crippen LogP contribution in [0, 0.1) is 0 Å². The summed E-state index contributed by atoms with van der Waals surface area (Å²) < 4.78 is 0. The van der Waals surface area contributed by atoms with Crippen molar-refractivity contribution in [2.45, 2.75) is 12.8 Å². The van der Waals surface area contributed by atoms with Gasteiger partial charge in [-0.3, -0.25) is 4.98 Å². The monoisotopic (exact) mass is 289 g/mol. The van der Waals surface area contributed by atoms with Crippen molar-refractivity contribution in [3.63, 3.8) is 0 Å². The van der Waals surface area contributed by atoms with Crippen LogP contribution in [0.5, 0.6) is 0 Å². The van der Waals surface area contributed by atoms with Crippen LogP contribution in [-0.2, 0) is 9.59 Å². The van der Waals surface area contributed by atoms with Crippen LogP contribution in [0.3, 0.4) is 0 Å². The summed E-state index contributed by atoms with van der Waals surface area (Å²) in [6, 6.07) is 4.96. The molecule has 0 bridgehead atoms. The molecule has 1 atom stereocenters. The lowest BCUT2D eigenvalue weighted by Crippen LogP contribution is -2.34. The van der Waals surface area contributed by atoms with Gasteiger partial charge in [-0.1, -0.05) is 6.07 Å². The van der Waals surface area contributed by atoms with Gasteiger partial charge in [-0.15, -0.1) is 0 Å². The summed E-state index contributed by atoms with van der Waals surface area (Å²) >= 11 is 0. The number of carboxylic acids is 2. The minimum Gasteiger partial charge on any atom is -0.478 e. The highest BCUT2D eigenvalue weighted by atomic mass is 16.4. The molecule has 0 saturated heterocycles. The van der Waals surface area contributed by atoms with Crippen molar-refractivity contribution in [3.05, 3.63) is 52.6 Å². The van der Waals surface area contributed by atoms with E-state index in [-0.39, 0.29) is 17.7 Å². The number of carbonyl (C=O) groups is 2. The van der Waals surface area contributed by atoms with Crippen molar-refractivity contribution in [1.29, 1.82) is 0 Å². The van der Waals surface area contributed by atoms with Gasteiger partial charge in [0.1, 0.15) is 0 Å². The lowest BCUT2D eigenvalue weighted by molar-refractivity contribution is -0.133. The molecule has 1 aliphatic heterocycles. The quantitative estimate of drug-likeness (QED) is 0.633. The number of hydrogen-bond donors (Lipinski definition) is 4. The van der Waals surface area contributed by atoms with Crippen LogP contribution in [0.2, 0.25) is 0 Å². The molecule has 0 aliphatic carbocycles. The van der Waals surface area contributed by atoms with Gasteiger partial charge in [0.15, 0.2) is 0 Å². The minimum absolute atomic E-state index is 0.0325. The highest BCUT2D eigenvalue weighted by molar-refractivity contribution is 5.98. The molecule has 1 aromatic rings. The van der Waals surface area contributed by atoms with Crippen molar-refractivity contribution < 1.29 is 19.8 Å². The van der Waals surface area contributed by atoms with E-state index >= 15 is 0 Å². The number of aliphatic carboxylic acids is 2. The average molecular weight is 289 g/mol. The molecule has 0 spiro atoms. The Morgan fingerprint density at radius 1 is 1.29 bits per heavy atom. The molecular formula is C14H15N3O4. The maximum absolute atomic E-state index is 11.6. The molecule has 1 aliphatic rings. The Kier molecular flexibility index (Phi) is 4.04. The summed E-state index contributed by atoms with van der Waals surface area (Å²) in [4.78, 5) is 27.2. The molecule has 0 saturated carbocycles. The predicted octanol–water partition coefficient (Wildman–Crippen LogP) is 0.424. The minimum atomic E-state index is -1.22. The number of nitrogens with one attached hydrogen (secondary N) is 1. The van der Waals surface area contributed by atoms with Gasteiger partial charge < -0.3 is 21.3 Å². The summed E-state index contributed by atoms with van der Waals surface area (Å²) in [7, 11) is 0. The van der Waals surface area contributed by atoms with Crippen LogP contribution >= 0.6 is 0 Å². The van der Waals surface area contributed by atoms with Gasteiger partial charge in [-0.2, -0.15) is 0 Å². The van der Waals surface area contributed by atoms with E-state index in [1.54, 1.807) is 25.1 Å². The Labute approximate surface area is 120 Å². The van der Waals surface area contributed by atoms with Crippen LogP contribution < -0.4 is 11.1 Å². The number of nitrogens with zero attached hydrogens (tertiary/aromatic N) is 1. The molecule has 5 N–H and O–H groups in total. The highest BCUT2D eigenvalue weighted by Crippen LogP contribution is 2.36. The number of hydrogen-bond acceptors (Lipinski definition) is 5. The molecule has 1 unspecified atom stereocenters. The van der Waals surface area contributed by atoms with E-state index < -0.39 is 17.9 Å². The number of pyridine rings is 1. The van der Waals surface area contributed by atoms with E-state index in [1.165, 1.54) is 6.20 Å². The topological polar surface area (TPSA) is 126 Å². The van der Waals surface area contributed by atoms with Gasteiger partial charge in [0.2, 0.25) is 0 Å². The van der Waals surface area contributed by atoms with Crippen LogP contribution in [0.25, 0.3) is 0 Å². The zero-order chi connectivity index (χ0) is 15.6. The fraction of sp³-hybridized carbons (Fsp3) is 0.214. The van der Waals surface area contributed by atoms with Crippen molar-refractivity contribution in [3.8, 4) is 0 Å². The maximum atomic E-state index is 11.6. The number of carboxylic acid groups (broad SMARTS) is 2. The first-order chi connectivity index (χ1) is 9.97. The molecule has 2 heterocycles. The van der Waals surface area contributed by atoms with E-state index in [0.717, 1.165) is 0 Å². The Balaban J connectivity index is 2.70. The van der Waals surface area contributed by atoms with Crippen molar-refractivity contribution in [1.82, 2.24) is 10.3 Å². The Morgan fingerprint density at radius 3 is 2.43 bits per heavy atom. The van der Waals surface area contributed by atoms with Gasteiger partial charge in [0, 0.05) is 24.1 Å². The molecule has 1 aromatic heterocycles. The standard InChI is InChI=1S/C14H15N3O4/c1-7-10(13(18)19)11(8-4-2-3-5-16-8)12(14(20)21)9(6-15)17-7/h2-5,11,17H,6,15H2,1H3,(H,18,19)(H,20,21). The predicted molar refractivity (Wildman–Crippen MR) is 74.2 cm³/mol. The fourth-order valence-electron chi connectivity index (χ4n) is 2.44. The molecule has 0 fully saturated rings. The lowest BCUT2D eigenvalue weighted by Gasteiger charge is -2.28. The molecule has 7 nitrogen and oxygen atoms in total. The van der Waals surface area contributed by atoms with Crippen molar-refractivity contribution >= 4 is 11.9 Å². The summed E-state index contributed by atoms with van der Waals surface area (Å²) in [5.41, 5.74) is 6.48. The molecule has 7 heteroatoms. The van der Waals surface area contributed by atoms with E-state index in [1.807, 2.05) is 0 Å². The summed E-state index contributed by atoms with van der Waals surface area (Å²) in [5.74, 6) is -3.36. The first kappa shape index (κ1) is 14.7. The van der Waals surface area contributed by atoms with Gasteiger partial charge in [0.25, 0.3) is 0 Å². The second-order valence-electron chi connectivity index (χ2n) is 4.56. The highest BCUT2D eigenvalue weighted by Gasteiger charge is 2.37. The van der Waals surface area contributed by atoms with Crippen LogP contribution in [0.1, 0.15) is 18.5 Å². The summed E-state index contributed by atoms with van der Waals surface area (Å²) in [6.07, 6.45) is 1.49. The van der Waals surface area contributed by atoms with E-state index in [4.69, 9.17) is 5.73 Å². The van der Waals surface area contributed by atoms with Crippen LogP contribution in [-0.4, -0.2) is 33.7 Å².